The van der Waals surface area contributed by atoms with Crippen molar-refractivity contribution in [3.63, 3.8) is 0 Å². The molecule has 0 amide bonds. The van der Waals surface area contributed by atoms with Gasteiger partial charge in [-0.3, -0.25) is 0 Å². The molecule has 0 heterocycles. The number of methoxy groups -OCH3 is 1. The Bertz CT molecular complexity index is 679. The van der Waals surface area contributed by atoms with Crippen molar-refractivity contribution in [3.05, 3.63) is 58.6 Å². The lowest BCUT2D eigenvalue weighted by Crippen LogP contribution is -2.02. The third-order valence-corrected chi connectivity index (χ3v) is 3.04. The lowest BCUT2D eigenvalue weighted by atomic mass is 9.98. The highest BCUT2D eigenvalue weighted by Crippen LogP contribution is 2.28. The van der Waals surface area contributed by atoms with Gasteiger partial charge in [0, 0.05) is 5.02 Å². The van der Waals surface area contributed by atoms with E-state index in [1.165, 1.54) is 19.2 Å². The number of rotatable bonds is 3. The molecule has 0 aliphatic carbocycles. The summed E-state index contributed by atoms with van der Waals surface area (Å²) in [5.74, 6) is -1.54. The molecule has 0 bridgehead atoms. The normalized spacial score (nSPS) is 10.1. The van der Waals surface area contributed by atoms with Gasteiger partial charge in [-0.2, -0.15) is 0 Å². The monoisotopic (exact) mass is 290 g/mol. The van der Waals surface area contributed by atoms with Gasteiger partial charge in [0.2, 0.25) is 0 Å². The van der Waals surface area contributed by atoms with E-state index in [4.69, 9.17) is 11.6 Å². The van der Waals surface area contributed by atoms with Crippen molar-refractivity contribution in [2.45, 2.75) is 0 Å². The molecule has 1 N–H and O–H groups in total. The van der Waals surface area contributed by atoms with Crippen LogP contribution in [0.2, 0.25) is 5.02 Å². The summed E-state index contributed by atoms with van der Waals surface area (Å²) in [5, 5.41) is 9.63. The van der Waals surface area contributed by atoms with E-state index in [1.807, 2.05) is 0 Å². The van der Waals surface area contributed by atoms with Crippen LogP contribution in [0.25, 0.3) is 11.1 Å². The number of carbonyl (C=O) groups is 2. The van der Waals surface area contributed by atoms with Gasteiger partial charge in [0.1, 0.15) is 0 Å². The first-order valence-electron chi connectivity index (χ1n) is 5.74. The van der Waals surface area contributed by atoms with Crippen LogP contribution in [-0.4, -0.2) is 24.2 Å². The second kappa shape index (κ2) is 5.75. The maximum absolute atomic E-state index is 11.5. The van der Waals surface area contributed by atoms with Crippen LogP contribution < -0.4 is 0 Å². The van der Waals surface area contributed by atoms with E-state index in [2.05, 4.69) is 4.74 Å². The second-order valence-corrected chi connectivity index (χ2v) is 4.50. The first-order chi connectivity index (χ1) is 9.52. The minimum absolute atomic E-state index is 0.122. The molecule has 0 spiro atoms. The fraction of sp³-hybridized carbons (Fsp3) is 0.0667. The third-order valence-electron chi connectivity index (χ3n) is 2.81. The van der Waals surface area contributed by atoms with Crippen molar-refractivity contribution < 1.29 is 19.4 Å². The Hall–Kier alpha value is -2.33. The standard InChI is InChI=1S/C15H11ClO4/c1-20-15(19)10-4-2-3-9(7-10)13-8-11(16)5-6-12(13)14(17)18/h2-8H,1H3,(H,17,18). The van der Waals surface area contributed by atoms with Crippen LogP contribution in [0.3, 0.4) is 0 Å². The van der Waals surface area contributed by atoms with Crippen LogP contribution in [0.5, 0.6) is 0 Å². The fourth-order valence-corrected chi connectivity index (χ4v) is 2.05. The van der Waals surface area contributed by atoms with Crippen molar-refractivity contribution in [3.8, 4) is 11.1 Å². The van der Waals surface area contributed by atoms with Gasteiger partial charge in [-0.15, -0.1) is 0 Å². The minimum Gasteiger partial charge on any atom is -0.478 e. The first-order valence-corrected chi connectivity index (χ1v) is 6.12. The van der Waals surface area contributed by atoms with Gasteiger partial charge in [0.05, 0.1) is 18.2 Å². The molecule has 0 aromatic heterocycles. The summed E-state index contributed by atoms with van der Waals surface area (Å²) in [7, 11) is 1.29. The van der Waals surface area contributed by atoms with E-state index in [1.54, 1.807) is 30.3 Å². The van der Waals surface area contributed by atoms with Crippen molar-refractivity contribution in [2.24, 2.45) is 0 Å². The molecule has 4 nitrogen and oxygen atoms in total. The van der Waals surface area contributed by atoms with Gasteiger partial charge in [0.15, 0.2) is 0 Å². The van der Waals surface area contributed by atoms with Crippen LogP contribution in [0.1, 0.15) is 20.7 Å². The number of carboxylic acid groups (broad SMARTS) is 1. The van der Waals surface area contributed by atoms with Gasteiger partial charge < -0.3 is 9.84 Å². The topological polar surface area (TPSA) is 63.6 Å². The molecule has 0 fully saturated rings. The quantitative estimate of drug-likeness (QED) is 0.879. The molecule has 102 valence electrons. The Morgan fingerprint density at radius 1 is 1.15 bits per heavy atom. The lowest BCUT2D eigenvalue weighted by molar-refractivity contribution is 0.0600. The number of halogens is 1. The summed E-state index contributed by atoms with van der Waals surface area (Å²) in [6, 6.07) is 11.0. The average Bonchev–Trinajstić information content (AvgIpc) is 2.46. The van der Waals surface area contributed by atoms with E-state index >= 15 is 0 Å². The van der Waals surface area contributed by atoms with Gasteiger partial charge in [-0.25, -0.2) is 9.59 Å². The number of ether oxygens (including phenoxy) is 1. The average molecular weight is 291 g/mol. The highest BCUT2D eigenvalue weighted by Gasteiger charge is 2.14. The van der Waals surface area contributed by atoms with E-state index in [0.29, 0.717) is 21.7 Å². The molecule has 5 heteroatoms. The minimum atomic E-state index is -1.06. The Kier molecular flexibility index (Phi) is 4.05. The first kappa shape index (κ1) is 14.1. The predicted molar refractivity (Wildman–Crippen MR) is 75.2 cm³/mol. The lowest BCUT2D eigenvalue weighted by Gasteiger charge is -2.08. The smallest absolute Gasteiger partial charge is 0.337 e. The zero-order valence-electron chi connectivity index (χ0n) is 10.6. The van der Waals surface area contributed by atoms with Crippen LogP contribution in [-0.2, 0) is 4.74 Å². The Balaban J connectivity index is 2.59. The molecule has 2 rings (SSSR count). The van der Waals surface area contributed by atoms with E-state index in [0.717, 1.165) is 0 Å². The second-order valence-electron chi connectivity index (χ2n) is 4.07. The largest absolute Gasteiger partial charge is 0.478 e. The number of aromatic carboxylic acids is 1. The number of hydrogen-bond acceptors (Lipinski definition) is 3. The maximum Gasteiger partial charge on any atom is 0.337 e. The summed E-state index contributed by atoms with van der Waals surface area (Å²) in [5.41, 5.74) is 1.52. The number of carboxylic acids is 1. The van der Waals surface area contributed by atoms with Gasteiger partial charge >= 0.3 is 11.9 Å². The van der Waals surface area contributed by atoms with E-state index in [-0.39, 0.29) is 5.56 Å². The van der Waals surface area contributed by atoms with Crippen LogP contribution >= 0.6 is 11.6 Å². The summed E-state index contributed by atoms with van der Waals surface area (Å²) < 4.78 is 4.65. The van der Waals surface area contributed by atoms with Gasteiger partial charge in [-0.1, -0.05) is 23.7 Å². The summed E-state index contributed by atoms with van der Waals surface area (Å²) in [6.07, 6.45) is 0. The molecule has 0 saturated heterocycles. The Morgan fingerprint density at radius 3 is 2.55 bits per heavy atom. The van der Waals surface area contributed by atoms with Crippen molar-refractivity contribution in [2.75, 3.05) is 7.11 Å². The number of hydrogen-bond donors (Lipinski definition) is 1. The van der Waals surface area contributed by atoms with Crippen LogP contribution in [0.15, 0.2) is 42.5 Å². The Labute approximate surface area is 120 Å². The van der Waals surface area contributed by atoms with Gasteiger partial charge in [-0.05, 0) is 41.5 Å². The molecule has 2 aromatic rings. The molecule has 0 aliphatic rings. The molecule has 0 aliphatic heterocycles. The number of esters is 1. The molecule has 0 saturated carbocycles. The molecule has 20 heavy (non-hydrogen) atoms. The molecular weight excluding hydrogens is 280 g/mol. The van der Waals surface area contributed by atoms with Crippen molar-refractivity contribution in [1.29, 1.82) is 0 Å². The molecular formula is C15H11ClO4. The predicted octanol–water partition coefficient (Wildman–Crippen LogP) is 3.49. The van der Waals surface area contributed by atoms with Gasteiger partial charge in [0.25, 0.3) is 0 Å². The SMILES string of the molecule is COC(=O)c1cccc(-c2cc(Cl)ccc2C(=O)O)c1. The zero-order chi connectivity index (χ0) is 14.7. The highest BCUT2D eigenvalue weighted by atomic mass is 35.5. The summed E-state index contributed by atoms with van der Waals surface area (Å²) in [4.78, 5) is 22.8. The fourth-order valence-electron chi connectivity index (χ4n) is 1.87. The van der Waals surface area contributed by atoms with Crippen LogP contribution in [0.4, 0.5) is 0 Å². The van der Waals surface area contributed by atoms with E-state index in [9.17, 15) is 14.7 Å². The highest BCUT2D eigenvalue weighted by molar-refractivity contribution is 6.31. The third kappa shape index (κ3) is 2.81. The molecule has 0 unspecified atom stereocenters. The van der Waals surface area contributed by atoms with Crippen LogP contribution in [0, 0.1) is 0 Å². The molecule has 2 aromatic carbocycles. The Morgan fingerprint density at radius 2 is 1.90 bits per heavy atom. The summed E-state index contributed by atoms with van der Waals surface area (Å²) >= 11 is 5.92. The summed E-state index contributed by atoms with van der Waals surface area (Å²) in [6.45, 7) is 0. The number of benzene rings is 2. The maximum atomic E-state index is 11.5. The van der Waals surface area contributed by atoms with E-state index < -0.39 is 11.9 Å². The number of carbonyl (C=O) groups excluding carboxylic acids is 1. The zero-order valence-corrected chi connectivity index (χ0v) is 11.3. The van der Waals surface area contributed by atoms with Crippen molar-refractivity contribution >= 4 is 23.5 Å². The molecule has 0 atom stereocenters. The van der Waals surface area contributed by atoms with Crippen molar-refractivity contribution in [1.82, 2.24) is 0 Å². The molecule has 0 radical (unpaired) electrons.